The van der Waals surface area contributed by atoms with Crippen molar-refractivity contribution in [2.24, 2.45) is 0 Å². The Hall–Kier alpha value is -4.23. The number of hydrogen-bond acceptors (Lipinski definition) is 4. The molecule has 6 aromatic rings. The number of anilines is 1. The average Bonchev–Trinajstić information content (AvgIpc) is 3.57. The zero-order chi connectivity index (χ0) is 22.4. The lowest BCUT2D eigenvalue weighted by atomic mass is 10.1. The van der Waals surface area contributed by atoms with E-state index in [1.807, 2.05) is 61.5 Å². The summed E-state index contributed by atoms with van der Waals surface area (Å²) in [5, 5.41) is 17.0. The molecule has 0 bridgehead atoms. The van der Waals surface area contributed by atoms with Crippen LogP contribution < -0.4 is 5.32 Å². The van der Waals surface area contributed by atoms with Gasteiger partial charge in [0, 0.05) is 26.2 Å². The van der Waals surface area contributed by atoms with Crippen molar-refractivity contribution in [3.8, 4) is 16.1 Å². The number of nitrogens with zero attached hydrogens (tertiary/aromatic N) is 3. The Morgan fingerprint density at radius 2 is 1.79 bits per heavy atom. The SMILES string of the molecule is Cc1c(C(=O)Nc2cc(-c3cc4ccccc4s3)c3[nH]ncc3c2)cnn1-c1ccccc1. The Balaban J connectivity index is 1.37. The number of para-hydroxylation sites is 1. The first-order valence-electron chi connectivity index (χ1n) is 10.5. The third-order valence-electron chi connectivity index (χ3n) is 5.75. The van der Waals surface area contributed by atoms with Crippen LogP contribution in [0.2, 0.25) is 0 Å². The maximum atomic E-state index is 13.2. The minimum atomic E-state index is -0.195. The molecule has 0 aliphatic heterocycles. The van der Waals surface area contributed by atoms with Crippen LogP contribution in [0.3, 0.4) is 0 Å². The van der Waals surface area contributed by atoms with Crippen LogP contribution in [0.4, 0.5) is 5.69 Å². The summed E-state index contributed by atoms with van der Waals surface area (Å²) in [7, 11) is 0. The van der Waals surface area contributed by atoms with Gasteiger partial charge in [0.15, 0.2) is 0 Å². The molecule has 2 N–H and O–H groups in total. The molecule has 1 amide bonds. The molecule has 3 heterocycles. The second-order valence-electron chi connectivity index (χ2n) is 7.85. The normalized spacial score (nSPS) is 11.3. The zero-order valence-corrected chi connectivity index (χ0v) is 18.6. The maximum absolute atomic E-state index is 13.2. The maximum Gasteiger partial charge on any atom is 0.259 e. The number of nitrogens with one attached hydrogen (secondary N) is 2. The van der Waals surface area contributed by atoms with Gasteiger partial charge in [-0.15, -0.1) is 11.3 Å². The van der Waals surface area contributed by atoms with E-state index in [4.69, 9.17) is 0 Å². The highest BCUT2D eigenvalue weighted by Gasteiger charge is 2.17. The van der Waals surface area contributed by atoms with Crippen LogP contribution in [0.25, 0.3) is 37.1 Å². The molecular formula is C26H19N5OS. The number of amides is 1. The van der Waals surface area contributed by atoms with Gasteiger partial charge in [0.05, 0.1) is 34.9 Å². The zero-order valence-electron chi connectivity index (χ0n) is 17.7. The first-order valence-corrected chi connectivity index (χ1v) is 11.4. The molecular weight excluding hydrogens is 430 g/mol. The molecule has 7 heteroatoms. The number of aromatic amines is 1. The highest BCUT2D eigenvalue weighted by molar-refractivity contribution is 7.22. The number of hydrogen-bond donors (Lipinski definition) is 2. The molecule has 33 heavy (non-hydrogen) atoms. The Kier molecular flexibility index (Phi) is 4.55. The van der Waals surface area contributed by atoms with Gasteiger partial charge in [0.1, 0.15) is 0 Å². The molecule has 3 aromatic carbocycles. The van der Waals surface area contributed by atoms with E-state index in [-0.39, 0.29) is 5.91 Å². The monoisotopic (exact) mass is 449 g/mol. The predicted molar refractivity (Wildman–Crippen MR) is 133 cm³/mol. The van der Waals surface area contributed by atoms with Gasteiger partial charge in [-0.25, -0.2) is 4.68 Å². The van der Waals surface area contributed by atoms with E-state index in [9.17, 15) is 4.79 Å². The molecule has 0 radical (unpaired) electrons. The molecule has 3 aromatic heterocycles. The fourth-order valence-corrected chi connectivity index (χ4v) is 5.18. The Bertz CT molecular complexity index is 1590. The van der Waals surface area contributed by atoms with Crippen molar-refractivity contribution in [1.82, 2.24) is 20.0 Å². The summed E-state index contributed by atoms with van der Waals surface area (Å²) in [5.41, 5.74) is 4.92. The molecule has 6 rings (SSSR count). The van der Waals surface area contributed by atoms with Crippen LogP contribution in [0, 0.1) is 6.92 Å². The van der Waals surface area contributed by atoms with E-state index in [0.717, 1.165) is 32.7 Å². The lowest BCUT2D eigenvalue weighted by Gasteiger charge is -2.09. The highest BCUT2D eigenvalue weighted by Crippen LogP contribution is 2.38. The predicted octanol–water partition coefficient (Wildman–Crippen LogP) is 6.19. The largest absolute Gasteiger partial charge is 0.322 e. The summed E-state index contributed by atoms with van der Waals surface area (Å²) in [5.74, 6) is -0.195. The smallest absolute Gasteiger partial charge is 0.259 e. The molecule has 0 spiro atoms. The van der Waals surface area contributed by atoms with E-state index < -0.39 is 0 Å². The molecule has 160 valence electrons. The molecule has 0 saturated carbocycles. The third-order valence-corrected chi connectivity index (χ3v) is 6.90. The van der Waals surface area contributed by atoms with Crippen molar-refractivity contribution in [3.63, 3.8) is 0 Å². The number of aromatic nitrogens is 4. The van der Waals surface area contributed by atoms with E-state index in [1.165, 1.54) is 10.1 Å². The van der Waals surface area contributed by atoms with Crippen molar-refractivity contribution in [2.75, 3.05) is 5.32 Å². The molecule has 0 aliphatic carbocycles. The van der Waals surface area contributed by atoms with Crippen LogP contribution in [0.5, 0.6) is 0 Å². The molecule has 0 aliphatic rings. The van der Waals surface area contributed by atoms with Crippen molar-refractivity contribution >= 4 is 43.9 Å². The Morgan fingerprint density at radius 3 is 2.64 bits per heavy atom. The fraction of sp³-hybridized carbons (Fsp3) is 0.0385. The fourth-order valence-electron chi connectivity index (χ4n) is 4.10. The topological polar surface area (TPSA) is 75.6 Å². The van der Waals surface area contributed by atoms with Crippen LogP contribution in [0.15, 0.2) is 85.2 Å². The van der Waals surface area contributed by atoms with Crippen LogP contribution in [0.1, 0.15) is 16.1 Å². The summed E-state index contributed by atoms with van der Waals surface area (Å²) >= 11 is 1.72. The van der Waals surface area contributed by atoms with Gasteiger partial charge in [-0.05, 0) is 48.7 Å². The number of benzene rings is 3. The summed E-state index contributed by atoms with van der Waals surface area (Å²) in [6.07, 6.45) is 3.39. The minimum absolute atomic E-state index is 0.195. The number of H-pyrrole nitrogens is 1. The minimum Gasteiger partial charge on any atom is -0.322 e. The summed E-state index contributed by atoms with van der Waals surface area (Å²) in [6, 6.07) is 24.2. The highest BCUT2D eigenvalue weighted by atomic mass is 32.1. The first-order chi connectivity index (χ1) is 16.2. The van der Waals surface area contributed by atoms with Gasteiger partial charge in [-0.2, -0.15) is 10.2 Å². The standard InChI is InChI=1S/C26H19N5OS/c1-16-22(15-28-31(16)20-8-3-2-4-9-20)26(32)29-19-11-18-14-27-30-25(18)21(13-19)24-12-17-7-5-6-10-23(17)33-24/h2-15H,1H3,(H,27,30)(H,29,32). The third kappa shape index (κ3) is 3.39. The van der Waals surface area contributed by atoms with Crippen LogP contribution >= 0.6 is 11.3 Å². The lowest BCUT2D eigenvalue weighted by molar-refractivity contribution is 0.102. The van der Waals surface area contributed by atoms with Crippen molar-refractivity contribution in [3.05, 3.63) is 96.4 Å². The molecule has 0 unspecified atom stereocenters. The van der Waals surface area contributed by atoms with Crippen LogP contribution in [-0.4, -0.2) is 25.9 Å². The second kappa shape index (κ2) is 7.72. The van der Waals surface area contributed by atoms with Gasteiger partial charge in [0.2, 0.25) is 0 Å². The molecule has 0 atom stereocenters. The summed E-state index contributed by atoms with van der Waals surface area (Å²) < 4.78 is 3.00. The Morgan fingerprint density at radius 1 is 0.970 bits per heavy atom. The molecule has 0 saturated heterocycles. The lowest BCUT2D eigenvalue weighted by Crippen LogP contribution is -2.13. The number of rotatable bonds is 4. The van der Waals surface area contributed by atoms with Crippen molar-refractivity contribution < 1.29 is 4.79 Å². The number of carbonyl (C=O) groups excluding carboxylic acids is 1. The van der Waals surface area contributed by atoms with Crippen LogP contribution in [-0.2, 0) is 0 Å². The average molecular weight is 450 g/mol. The summed E-state index contributed by atoms with van der Waals surface area (Å²) in [6.45, 7) is 1.90. The van der Waals surface area contributed by atoms with Gasteiger partial charge < -0.3 is 5.32 Å². The quantitative estimate of drug-likeness (QED) is 0.337. The first kappa shape index (κ1) is 19.5. The van der Waals surface area contributed by atoms with Gasteiger partial charge in [-0.3, -0.25) is 9.89 Å². The number of carbonyl (C=O) groups is 1. The number of fused-ring (bicyclic) bond motifs is 2. The molecule has 6 nitrogen and oxygen atoms in total. The van der Waals surface area contributed by atoms with Gasteiger partial charge >= 0.3 is 0 Å². The second-order valence-corrected chi connectivity index (χ2v) is 8.94. The van der Waals surface area contributed by atoms with E-state index in [2.05, 4.69) is 38.8 Å². The molecule has 0 fully saturated rings. The number of thiophene rings is 1. The van der Waals surface area contributed by atoms with E-state index in [1.54, 1.807) is 28.4 Å². The van der Waals surface area contributed by atoms with E-state index >= 15 is 0 Å². The van der Waals surface area contributed by atoms with Gasteiger partial charge in [0.25, 0.3) is 5.91 Å². The summed E-state index contributed by atoms with van der Waals surface area (Å²) in [4.78, 5) is 14.3. The van der Waals surface area contributed by atoms with Crippen molar-refractivity contribution in [1.29, 1.82) is 0 Å². The van der Waals surface area contributed by atoms with Crippen molar-refractivity contribution in [2.45, 2.75) is 6.92 Å². The van der Waals surface area contributed by atoms with E-state index in [0.29, 0.717) is 11.3 Å². The van der Waals surface area contributed by atoms with Gasteiger partial charge in [-0.1, -0.05) is 36.4 Å². The Labute approximate surface area is 193 Å².